The van der Waals surface area contributed by atoms with Gasteiger partial charge in [-0.25, -0.2) is 4.79 Å². The summed E-state index contributed by atoms with van der Waals surface area (Å²) in [5.74, 6) is 1.11. The quantitative estimate of drug-likeness (QED) is 0.836. The molecule has 0 unspecified atom stereocenters. The number of benzene rings is 1. The number of nitrogens with one attached hydrogen (secondary N) is 1. The topological polar surface area (TPSA) is 84.7 Å². The van der Waals surface area contributed by atoms with Gasteiger partial charge in [0.1, 0.15) is 17.0 Å². The summed E-state index contributed by atoms with van der Waals surface area (Å²) >= 11 is 0. The molecule has 3 amide bonds. The third kappa shape index (κ3) is 2.87. The van der Waals surface area contributed by atoms with E-state index in [2.05, 4.69) is 10.5 Å². The van der Waals surface area contributed by atoms with Crippen molar-refractivity contribution in [3.63, 3.8) is 0 Å². The predicted octanol–water partition coefficient (Wildman–Crippen LogP) is 3.35. The highest BCUT2D eigenvalue weighted by Gasteiger charge is 2.54. The zero-order chi connectivity index (χ0) is 19.0. The molecule has 2 aromatic rings. The molecule has 7 nitrogen and oxygen atoms in total. The highest BCUT2D eigenvalue weighted by atomic mass is 16.5. The number of carbonyl (C=O) groups excluding carboxylic acids is 2. The zero-order valence-corrected chi connectivity index (χ0v) is 15.5. The summed E-state index contributed by atoms with van der Waals surface area (Å²) in [4.78, 5) is 26.8. The Labute approximate surface area is 157 Å². The van der Waals surface area contributed by atoms with Gasteiger partial charge in [-0.2, -0.15) is 0 Å². The average Bonchev–Trinajstić information content (AvgIpc) is 3.24. The summed E-state index contributed by atoms with van der Waals surface area (Å²) in [6.07, 6.45) is 3.68. The Hall–Kier alpha value is -2.83. The minimum Gasteiger partial charge on any atom is -0.496 e. The number of hydrogen-bond donors (Lipinski definition) is 1. The molecule has 0 bridgehead atoms. The number of hydrogen-bond acceptors (Lipinski definition) is 5. The first kappa shape index (κ1) is 17.6. The van der Waals surface area contributed by atoms with Crippen LogP contribution in [0.4, 0.5) is 4.79 Å². The highest BCUT2D eigenvalue weighted by molar-refractivity contribution is 6.07. The minimum atomic E-state index is -0.763. The highest BCUT2D eigenvalue weighted by Crippen LogP contribution is 2.38. The Morgan fingerprint density at radius 1 is 1.33 bits per heavy atom. The van der Waals surface area contributed by atoms with E-state index in [1.165, 1.54) is 4.90 Å². The van der Waals surface area contributed by atoms with Crippen LogP contribution in [-0.4, -0.2) is 34.6 Å². The van der Waals surface area contributed by atoms with Crippen molar-refractivity contribution >= 4 is 11.9 Å². The summed E-state index contributed by atoms with van der Waals surface area (Å²) in [6, 6.07) is 8.87. The molecule has 1 aliphatic carbocycles. The Bertz CT molecular complexity index is 878. The number of carbonyl (C=O) groups is 2. The molecule has 142 valence electrons. The molecule has 1 spiro atoms. The van der Waals surface area contributed by atoms with Crippen molar-refractivity contribution in [2.75, 3.05) is 7.11 Å². The summed E-state index contributed by atoms with van der Waals surface area (Å²) < 4.78 is 10.8. The van der Waals surface area contributed by atoms with Gasteiger partial charge >= 0.3 is 6.03 Å². The van der Waals surface area contributed by atoms with Crippen molar-refractivity contribution in [1.82, 2.24) is 15.4 Å². The number of nitrogens with zero attached hydrogens (tertiary/aromatic N) is 2. The van der Waals surface area contributed by atoms with Crippen molar-refractivity contribution in [1.29, 1.82) is 0 Å². The monoisotopic (exact) mass is 369 g/mol. The predicted molar refractivity (Wildman–Crippen MR) is 97.9 cm³/mol. The Morgan fingerprint density at radius 2 is 2.15 bits per heavy atom. The van der Waals surface area contributed by atoms with Crippen LogP contribution in [0, 0.1) is 5.92 Å². The fraction of sp³-hybridized carbons (Fsp3) is 0.450. The third-order valence-corrected chi connectivity index (χ3v) is 5.76. The molecule has 1 saturated carbocycles. The van der Waals surface area contributed by atoms with E-state index >= 15 is 0 Å². The van der Waals surface area contributed by atoms with E-state index in [4.69, 9.17) is 9.26 Å². The lowest BCUT2D eigenvalue weighted by Crippen LogP contribution is -2.53. The van der Waals surface area contributed by atoms with Crippen LogP contribution in [0.5, 0.6) is 5.75 Å². The Balaban J connectivity index is 1.56. The molecule has 4 rings (SSSR count). The maximum absolute atomic E-state index is 13.0. The van der Waals surface area contributed by atoms with Crippen LogP contribution in [-0.2, 0) is 11.3 Å². The van der Waals surface area contributed by atoms with E-state index < -0.39 is 5.54 Å². The van der Waals surface area contributed by atoms with E-state index in [-0.39, 0.29) is 24.4 Å². The molecule has 1 aromatic heterocycles. The Kier molecular flexibility index (Phi) is 4.37. The van der Waals surface area contributed by atoms with Crippen LogP contribution in [0.2, 0.25) is 0 Å². The molecule has 27 heavy (non-hydrogen) atoms. The normalized spacial score (nSPS) is 25.1. The summed E-state index contributed by atoms with van der Waals surface area (Å²) in [5, 5.41) is 7.03. The summed E-state index contributed by atoms with van der Waals surface area (Å²) in [5.41, 5.74) is 0.640. The van der Waals surface area contributed by atoms with Crippen LogP contribution in [0.3, 0.4) is 0 Å². The van der Waals surface area contributed by atoms with Crippen molar-refractivity contribution in [3.8, 4) is 17.0 Å². The average molecular weight is 369 g/mol. The molecule has 1 aromatic carbocycles. The lowest BCUT2D eigenvalue weighted by atomic mass is 9.73. The number of para-hydroxylation sites is 1. The number of aromatic nitrogens is 1. The van der Waals surface area contributed by atoms with Crippen LogP contribution in [0.1, 0.15) is 38.4 Å². The zero-order valence-electron chi connectivity index (χ0n) is 15.5. The van der Waals surface area contributed by atoms with E-state index in [1.54, 1.807) is 13.2 Å². The number of imide groups is 1. The minimum absolute atomic E-state index is 0.0707. The first-order chi connectivity index (χ1) is 13.0. The Morgan fingerprint density at radius 3 is 2.93 bits per heavy atom. The molecule has 1 saturated heterocycles. The van der Waals surface area contributed by atoms with Gasteiger partial charge in [0.2, 0.25) is 0 Å². The maximum Gasteiger partial charge on any atom is 0.325 e. The summed E-state index contributed by atoms with van der Waals surface area (Å²) in [6.45, 7) is 2.11. The van der Waals surface area contributed by atoms with Crippen LogP contribution < -0.4 is 10.1 Å². The lowest BCUT2D eigenvalue weighted by molar-refractivity contribution is -0.134. The maximum atomic E-state index is 13.0. The SMILES string of the molecule is COc1ccccc1-c1cc(CN2C(=O)N[C@]3(CCCC[C@H]3C)C2=O)on1. The first-order valence-electron chi connectivity index (χ1n) is 9.28. The van der Waals surface area contributed by atoms with Crippen molar-refractivity contribution in [3.05, 3.63) is 36.1 Å². The lowest BCUT2D eigenvalue weighted by Gasteiger charge is -2.36. The van der Waals surface area contributed by atoms with Crippen molar-refractivity contribution in [2.45, 2.75) is 44.7 Å². The standard InChI is InChI=1S/C20H23N3O4/c1-13-7-5-6-10-20(13)18(24)23(19(25)21-20)12-14-11-16(22-27-14)15-8-3-4-9-17(15)26-2/h3-4,8-9,11,13H,5-7,10,12H2,1-2H3,(H,21,25)/t13-,20+/m1/s1. The fourth-order valence-corrected chi connectivity index (χ4v) is 4.17. The van der Waals surface area contributed by atoms with E-state index in [1.807, 2.05) is 31.2 Å². The van der Waals surface area contributed by atoms with Crippen molar-refractivity contribution in [2.24, 2.45) is 5.92 Å². The van der Waals surface area contributed by atoms with Gasteiger partial charge in [-0.3, -0.25) is 9.69 Å². The van der Waals surface area contributed by atoms with Crippen LogP contribution in [0.15, 0.2) is 34.9 Å². The van der Waals surface area contributed by atoms with E-state index in [0.717, 1.165) is 24.8 Å². The van der Waals surface area contributed by atoms with Gasteiger partial charge in [-0.15, -0.1) is 0 Å². The second kappa shape index (κ2) is 6.72. The number of methoxy groups -OCH3 is 1. The van der Waals surface area contributed by atoms with Gasteiger partial charge < -0.3 is 14.6 Å². The van der Waals surface area contributed by atoms with Crippen molar-refractivity contribution < 1.29 is 18.8 Å². The van der Waals surface area contributed by atoms with Gasteiger partial charge in [0.05, 0.1) is 13.7 Å². The van der Waals surface area contributed by atoms with Gasteiger partial charge in [0.15, 0.2) is 5.76 Å². The molecular weight excluding hydrogens is 346 g/mol. The number of rotatable bonds is 4. The first-order valence-corrected chi connectivity index (χ1v) is 9.28. The molecule has 0 radical (unpaired) electrons. The molecule has 2 heterocycles. The largest absolute Gasteiger partial charge is 0.496 e. The molecule has 7 heteroatoms. The van der Waals surface area contributed by atoms with Crippen LogP contribution in [0.25, 0.3) is 11.3 Å². The summed E-state index contributed by atoms with van der Waals surface area (Å²) in [7, 11) is 1.60. The van der Waals surface area contributed by atoms with E-state index in [9.17, 15) is 9.59 Å². The van der Waals surface area contributed by atoms with E-state index in [0.29, 0.717) is 23.6 Å². The number of amides is 3. The second-order valence-corrected chi connectivity index (χ2v) is 7.32. The van der Waals surface area contributed by atoms with Gasteiger partial charge in [-0.05, 0) is 30.9 Å². The molecule has 2 aliphatic rings. The molecular formula is C20H23N3O4. The molecule has 1 aliphatic heterocycles. The number of urea groups is 1. The molecule has 2 fully saturated rings. The van der Waals surface area contributed by atoms with Gasteiger partial charge in [0.25, 0.3) is 5.91 Å². The fourth-order valence-electron chi connectivity index (χ4n) is 4.17. The molecule has 1 N–H and O–H groups in total. The van der Waals surface area contributed by atoms with Crippen LogP contribution >= 0.6 is 0 Å². The van der Waals surface area contributed by atoms with Gasteiger partial charge in [0, 0.05) is 11.6 Å². The second-order valence-electron chi connectivity index (χ2n) is 7.32. The number of ether oxygens (including phenoxy) is 1. The smallest absolute Gasteiger partial charge is 0.325 e. The third-order valence-electron chi connectivity index (χ3n) is 5.76. The molecule has 2 atom stereocenters. The van der Waals surface area contributed by atoms with Gasteiger partial charge in [-0.1, -0.05) is 37.1 Å².